The highest BCUT2D eigenvalue weighted by Crippen LogP contribution is 2.26. The molecule has 1 saturated heterocycles. The van der Waals surface area contributed by atoms with Crippen LogP contribution < -0.4 is 0 Å². The third kappa shape index (κ3) is 4.92. The van der Waals surface area contributed by atoms with Gasteiger partial charge in [0.15, 0.2) is 0 Å². The van der Waals surface area contributed by atoms with Gasteiger partial charge >= 0.3 is 0 Å². The van der Waals surface area contributed by atoms with E-state index in [2.05, 4.69) is 0 Å². The second-order valence-corrected chi connectivity index (χ2v) is 7.80. The van der Waals surface area contributed by atoms with Crippen molar-refractivity contribution in [2.45, 2.75) is 26.4 Å². The maximum atomic E-state index is 12.8. The third-order valence-electron chi connectivity index (χ3n) is 5.08. The van der Waals surface area contributed by atoms with Gasteiger partial charge in [0.25, 0.3) is 5.69 Å². The van der Waals surface area contributed by atoms with E-state index >= 15 is 0 Å². The molecule has 8 heteroatoms. The number of benzene rings is 2. The van der Waals surface area contributed by atoms with Crippen LogP contribution >= 0.6 is 11.6 Å². The Morgan fingerprint density at radius 2 is 1.97 bits per heavy atom. The van der Waals surface area contributed by atoms with Crippen LogP contribution in [0.5, 0.6) is 0 Å². The zero-order chi connectivity index (χ0) is 21.1. The second-order valence-electron chi connectivity index (χ2n) is 7.39. The second kappa shape index (κ2) is 8.61. The number of hydrogen-bond acceptors (Lipinski definition) is 4. The van der Waals surface area contributed by atoms with E-state index in [0.29, 0.717) is 23.7 Å². The van der Waals surface area contributed by atoms with Crippen molar-refractivity contribution in [1.82, 2.24) is 9.80 Å². The van der Waals surface area contributed by atoms with E-state index < -0.39 is 10.8 Å². The zero-order valence-corrected chi connectivity index (χ0v) is 17.1. The zero-order valence-electron chi connectivity index (χ0n) is 16.3. The Balaban J connectivity index is 1.64. The molecule has 0 N–H and O–H groups in total. The van der Waals surface area contributed by atoms with E-state index in [1.807, 2.05) is 31.2 Å². The first-order valence-corrected chi connectivity index (χ1v) is 9.63. The number of carbonyl (C=O) groups is 2. The molecule has 1 atom stereocenters. The van der Waals surface area contributed by atoms with Gasteiger partial charge in [-0.25, -0.2) is 0 Å². The summed E-state index contributed by atoms with van der Waals surface area (Å²) in [6.45, 7) is 2.98. The molecule has 0 aliphatic carbocycles. The van der Waals surface area contributed by atoms with E-state index in [1.165, 1.54) is 23.1 Å². The number of amides is 2. The van der Waals surface area contributed by atoms with Gasteiger partial charge in [-0.1, -0.05) is 41.4 Å². The quantitative estimate of drug-likeness (QED) is 0.533. The fraction of sp³-hybridized carbons (Fsp3) is 0.333. The van der Waals surface area contributed by atoms with Crippen molar-refractivity contribution in [3.05, 3.63) is 74.3 Å². The summed E-state index contributed by atoms with van der Waals surface area (Å²) in [6, 6.07) is 12.1. The Morgan fingerprint density at radius 3 is 2.62 bits per heavy atom. The van der Waals surface area contributed by atoms with Gasteiger partial charge in [-0.2, -0.15) is 0 Å². The Morgan fingerprint density at radius 1 is 1.28 bits per heavy atom. The number of rotatable bonds is 6. The topological polar surface area (TPSA) is 83.8 Å². The summed E-state index contributed by atoms with van der Waals surface area (Å²) >= 11 is 6.13. The van der Waals surface area contributed by atoms with Crippen LogP contribution in [0.3, 0.4) is 0 Å². The van der Waals surface area contributed by atoms with Gasteiger partial charge in [-0.15, -0.1) is 0 Å². The van der Waals surface area contributed by atoms with Crippen molar-refractivity contribution >= 4 is 29.1 Å². The molecule has 2 aromatic carbocycles. The highest BCUT2D eigenvalue weighted by Gasteiger charge is 2.35. The van der Waals surface area contributed by atoms with Gasteiger partial charge in [0.05, 0.1) is 10.8 Å². The normalized spacial score (nSPS) is 16.2. The molecule has 1 unspecified atom stereocenters. The lowest BCUT2D eigenvalue weighted by Gasteiger charge is -2.22. The molecule has 0 bridgehead atoms. The van der Waals surface area contributed by atoms with Gasteiger partial charge in [-0.05, 0) is 24.1 Å². The Bertz CT molecular complexity index is 945. The predicted octanol–water partition coefficient (Wildman–Crippen LogP) is 3.56. The number of nitro groups is 1. The highest BCUT2D eigenvalue weighted by molar-refractivity contribution is 6.31. The van der Waals surface area contributed by atoms with Crippen molar-refractivity contribution in [1.29, 1.82) is 0 Å². The van der Waals surface area contributed by atoms with E-state index in [1.54, 1.807) is 11.9 Å². The first-order valence-electron chi connectivity index (χ1n) is 9.25. The minimum atomic E-state index is -0.500. The van der Waals surface area contributed by atoms with Gasteiger partial charge in [-0.3, -0.25) is 19.7 Å². The number of aryl methyl sites for hydroxylation is 1. The molecule has 0 spiro atoms. The molecule has 2 amide bonds. The highest BCUT2D eigenvalue weighted by atomic mass is 35.5. The maximum absolute atomic E-state index is 12.8. The molecule has 2 aromatic rings. The Hall–Kier alpha value is -2.93. The van der Waals surface area contributed by atoms with Gasteiger partial charge in [0.2, 0.25) is 11.8 Å². The molecule has 3 rings (SSSR count). The van der Waals surface area contributed by atoms with Crippen LogP contribution in [-0.4, -0.2) is 40.1 Å². The minimum absolute atomic E-state index is 0.0503. The van der Waals surface area contributed by atoms with Crippen molar-refractivity contribution < 1.29 is 14.5 Å². The summed E-state index contributed by atoms with van der Waals surface area (Å²) in [5, 5.41) is 11.3. The van der Waals surface area contributed by atoms with Crippen LogP contribution in [0.4, 0.5) is 5.69 Å². The molecular weight excluding hydrogens is 394 g/mol. The molecule has 1 aliphatic rings. The lowest BCUT2D eigenvalue weighted by atomic mass is 10.1. The summed E-state index contributed by atoms with van der Waals surface area (Å²) < 4.78 is 0. The summed E-state index contributed by atoms with van der Waals surface area (Å²) in [6.07, 6.45) is 0.164. The van der Waals surface area contributed by atoms with Crippen LogP contribution in [0, 0.1) is 23.0 Å². The number of nitrogens with zero attached hydrogens (tertiary/aromatic N) is 3. The maximum Gasteiger partial charge on any atom is 0.269 e. The average Bonchev–Trinajstić information content (AvgIpc) is 3.04. The van der Waals surface area contributed by atoms with Crippen LogP contribution in [0.15, 0.2) is 42.5 Å². The Labute approximate surface area is 174 Å². The molecule has 1 aliphatic heterocycles. The van der Waals surface area contributed by atoms with Crippen molar-refractivity contribution in [3.63, 3.8) is 0 Å². The molecule has 1 heterocycles. The molecule has 0 saturated carbocycles. The van der Waals surface area contributed by atoms with Crippen molar-refractivity contribution in [2.75, 3.05) is 13.6 Å². The standard InChI is InChI=1S/C21H22ClN3O4/c1-14-3-5-15(6-4-14)11-24-13-17(10-20(24)26)21(27)23(2)12-16-9-18(25(28)29)7-8-19(16)22/h3-9,17H,10-13H2,1-2H3. The molecule has 0 aromatic heterocycles. The third-order valence-corrected chi connectivity index (χ3v) is 5.45. The van der Waals surface area contributed by atoms with E-state index in [4.69, 9.17) is 11.6 Å². The molecule has 152 valence electrons. The van der Waals surface area contributed by atoms with E-state index in [9.17, 15) is 19.7 Å². The number of likely N-dealkylation sites (tertiary alicyclic amines) is 1. The first-order chi connectivity index (χ1) is 13.7. The van der Waals surface area contributed by atoms with Crippen LogP contribution in [0.25, 0.3) is 0 Å². The first kappa shape index (κ1) is 20.8. The van der Waals surface area contributed by atoms with E-state index in [-0.39, 0.29) is 30.5 Å². The smallest absolute Gasteiger partial charge is 0.269 e. The fourth-order valence-corrected chi connectivity index (χ4v) is 3.62. The van der Waals surface area contributed by atoms with Gasteiger partial charge in [0, 0.05) is 50.3 Å². The van der Waals surface area contributed by atoms with Crippen LogP contribution in [0.2, 0.25) is 5.02 Å². The SMILES string of the molecule is Cc1ccc(CN2CC(C(=O)N(C)Cc3cc([N+](=O)[O-])ccc3Cl)CC2=O)cc1. The number of carbonyl (C=O) groups excluding carboxylic acids is 2. The summed E-state index contributed by atoms with van der Waals surface area (Å²) in [7, 11) is 1.62. The molecule has 1 fully saturated rings. The minimum Gasteiger partial charge on any atom is -0.341 e. The molecule has 7 nitrogen and oxygen atoms in total. The average molecular weight is 416 g/mol. The number of non-ortho nitro benzene ring substituents is 1. The van der Waals surface area contributed by atoms with Gasteiger partial charge < -0.3 is 9.80 Å². The van der Waals surface area contributed by atoms with Gasteiger partial charge in [0.1, 0.15) is 0 Å². The number of halogens is 1. The predicted molar refractivity (Wildman–Crippen MR) is 109 cm³/mol. The fourth-order valence-electron chi connectivity index (χ4n) is 3.45. The van der Waals surface area contributed by atoms with Crippen molar-refractivity contribution in [3.8, 4) is 0 Å². The monoisotopic (exact) mass is 415 g/mol. The number of nitro benzene ring substituents is 1. The van der Waals surface area contributed by atoms with Crippen LogP contribution in [0.1, 0.15) is 23.1 Å². The van der Waals surface area contributed by atoms with Crippen LogP contribution in [-0.2, 0) is 22.7 Å². The lowest BCUT2D eigenvalue weighted by molar-refractivity contribution is -0.384. The molecular formula is C21H22ClN3O4. The largest absolute Gasteiger partial charge is 0.341 e. The Kier molecular flexibility index (Phi) is 6.17. The molecule has 29 heavy (non-hydrogen) atoms. The number of hydrogen-bond donors (Lipinski definition) is 0. The summed E-state index contributed by atoms with van der Waals surface area (Å²) in [4.78, 5) is 38.9. The van der Waals surface area contributed by atoms with Crippen molar-refractivity contribution in [2.24, 2.45) is 5.92 Å². The summed E-state index contributed by atoms with van der Waals surface area (Å²) in [5.41, 5.74) is 2.59. The molecule has 0 radical (unpaired) electrons. The summed E-state index contributed by atoms with van der Waals surface area (Å²) in [5.74, 6) is -0.659. The van der Waals surface area contributed by atoms with E-state index in [0.717, 1.165) is 11.1 Å². The lowest BCUT2D eigenvalue weighted by Crippen LogP contribution is -2.34.